The summed E-state index contributed by atoms with van der Waals surface area (Å²) in [6.07, 6.45) is 7.02. The van der Waals surface area contributed by atoms with Crippen LogP contribution in [0.4, 0.5) is 0 Å². The van der Waals surface area contributed by atoms with E-state index in [1.807, 2.05) is 31.7 Å². The van der Waals surface area contributed by atoms with Crippen LogP contribution in [0.3, 0.4) is 0 Å². The van der Waals surface area contributed by atoms with E-state index in [0.29, 0.717) is 18.1 Å². The van der Waals surface area contributed by atoms with Crippen molar-refractivity contribution in [3.05, 3.63) is 33.7 Å². The highest BCUT2D eigenvalue weighted by Crippen LogP contribution is 2.39. The van der Waals surface area contributed by atoms with Gasteiger partial charge in [0, 0.05) is 29.4 Å². The van der Waals surface area contributed by atoms with E-state index >= 15 is 0 Å². The van der Waals surface area contributed by atoms with Crippen LogP contribution in [0.2, 0.25) is 0 Å². The quantitative estimate of drug-likeness (QED) is 0.692. The normalized spacial score (nSPS) is 27.8. The molecule has 1 aliphatic carbocycles. The molecule has 1 aromatic rings. The first-order valence-corrected chi connectivity index (χ1v) is 11.9. The van der Waals surface area contributed by atoms with Gasteiger partial charge < -0.3 is 9.30 Å². The predicted octanol–water partition coefficient (Wildman–Crippen LogP) is 4.35. The Hall–Kier alpha value is -0.820. The fourth-order valence-electron chi connectivity index (χ4n) is 4.77. The maximum absolute atomic E-state index is 13.0. The lowest BCUT2D eigenvalue weighted by Crippen LogP contribution is -2.47. The smallest absolute Gasteiger partial charge is 0.254 e. The van der Waals surface area contributed by atoms with E-state index in [1.165, 1.54) is 12.8 Å². The maximum Gasteiger partial charge on any atom is 0.254 e. The third-order valence-corrected chi connectivity index (χ3v) is 7.46. The number of nitrogens with one attached hydrogen (secondary N) is 1. The molecule has 1 N–H and O–H groups in total. The van der Waals surface area contributed by atoms with Crippen molar-refractivity contribution in [2.45, 2.75) is 84.4 Å². The average molecular weight is 422 g/mol. The molecule has 0 aromatic carbocycles. The van der Waals surface area contributed by atoms with Gasteiger partial charge in [0.2, 0.25) is 0 Å². The van der Waals surface area contributed by atoms with E-state index in [9.17, 15) is 4.79 Å². The van der Waals surface area contributed by atoms with Crippen molar-refractivity contribution >= 4 is 12.1 Å². The predicted molar refractivity (Wildman–Crippen MR) is 122 cm³/mol. The van der Waals surface area contributed by atoms with Crippen LogP contribution in [0.1, 0.15) is 70.2 Å². The second-order valence-corrected chi connectivity index (χ2v) is 11.2. The molecule has 164 valence electrons. The van der Waals surface area contributed by atoms with Gasteiger partial charge in [0.15, 0.2) is 0 Å². The Morgan fingerprint density at radius 3 is 2.48 bits per heavy atom. The number of hydrogen-bond donors (Lipinski definition) is 1. The second-order valence-electron chi connectivity index (χ2n) is 10.1. The largest absolute Gasteiger partial charge is 0.376 e. The van der Waals surface area contributed by atoms with Gasteiger partial charge in [0.1, 0.15) is 0 Å². The summed E-state index contributed by atoms with van der Waals surface area (Å²) in [4.78, 5) is 13.0. The van der Waals surface area contributed by atoms with Crippen LogP contribution in [0.25, 0.3) is 0 Å². The Morgan fingerprint density at radius 2 is 1.86 bits per heavy atom. The van der Waals surface area contributed by atoms with E-state index in [0.717, 1.165) is 42.9 Å². The monoisotopic (exact) mass is 421 g/mol. The second kappa shape index (κ2) is 9.54. The number of hydrogen-bond acceptors (Lipinski definition) is 5. The summed E-state index contributed by atoms with van der Waals surface area (Å²) < 4.78 is 14.1. The Kier molecular flexibility index (Phi) is 7.52. The van der Waals surface area contributed by atoms with Crippen LogP contribution in [-0.2, 0) is 11.2 Å². The summed E-state index contributed by atoms with van der Waals surface area (Å²) in [7, 11) is 4.06. The summed E-state index contributed by atoms with van der Waals surface area (Å²) in [6.45, 7) is 9.57. The van der Waals surface area contributed by atoms with Crippen molar-refractivity contribution in [1.29, 1.82) is 0 Å². The summed E-state index contributed by atoms with van der Waals surface area (Å²) in [5, 5.41) is 0. The summed E-state index contributed by atoms with van der Waals surface area (Å²) in [5.74, 6) is 0.786. The van der Waals surface area contributed by atoms with Crippen LogP contribution < -0.4 is 10.3 Å². The number of fused-ring (bicyclic) bond motifs is 1. The molecule has 1 saturated carbocycles. The molecule has 5 nitrogen and oxygen atoms in total. The molecule has 1 fully saturated rings. The molecule has 0 amide bonds. The number of ether oxygens (including phenoxy) is 1. The van der Waals surface area contributed by atoms with Gasteiger partial charge in [-0.15, -0.1) is 0 Å². The first kappa shape index (κ1) is 22.9. The molecule has 2 unspecified atom stereocenters. The van der Waals surface area contributed by atoms with Crippen LogP contribution in [0, 0.1) is 18.3 Å². The van der Waals surface area contributed by atoms with E-state index < -0.39 is 0 Å². The number of pyridine rings is 1. The van der Waals surface area contributed by atoms with E-state index in [-0.39, 0.29) is 17.6 Å². The van der Waals surface area contributed by atoms with Crippen LogP contribution >= 0.6 is 12.1 Å². The molecule has 1 aliphatic heterocycles. The highest BCUT2D eigenvalue weighted by molar-refractivity contribution is 7.95. The Labute approximate surface area is 180 Å². The summed E-state index contributed by atoms with van der Waals surface area (Å²) in [5.41, 5.74) is 2.47. The van der Waals surface area contributed by atoms with Gasteiger partial charge in [-0.1, -0.05) is 26.8 Å². The lowest BCUT2D eigenvalue weighted by Gasteiger charge is -2.39. The summed E-state index contributed by atoms with van der Waals surface area (Å²) >= 11 is 1.60. The zero-order valence-electron chi connectivity index (χ0n) is 19.0. The van der Waals surface area contributed by atoms with Crippen molar-refractivity contribution in [3.63, 3.8) is 0 Å². The van der Waals surface area contributed by atoms with Crippen LogP contribution in [-0.4, -0.2) is 41.7 Å². The third kappa shape index (κ3) is 5.66. The van der Waals surface area contributed by atoms with Gasteiger partial charge in [0.05, 0.1) is 18.8 Å². The van der Waals surface area contributed by atoms with Crippen molar-refractivity contribution in [2.24, 2.45) is 11.3 Å². The first-order chi connectivity index (χ1) is 13.7. The Bertz CT molecular complexity index is 733. The van der Waals surface area contributed by atoms with Gasteiger partial charge in [-0.25, -0.2) is 9.03 Å². The maximum atomic E-state index is 13.0. The molecule has 0 spiro atoms. The van der Waals surface area contributed by atoms with E-state index in [4.69, 9.17) is 4.74 Å². The van der Waals surface area contributed by atoms with Crippen molar-refractivity contribution in [1.82, 2.24) is 13.6 Å². The van der Waals surface area contributed by atoms with Crippen LogP contribution in [0.15, 0.2) is 16.9 Å². The molecule has 0 saturated heterocycles. The standard InChI is InChI=1S/C23H39N3O2S/c1-16-7-10-18-11-14-20(24-29-25(5)6)21(26(18)22(16)27)15-28-19-12-8-17(9-13-19)23(2,3)4/h7,10,17,19-21,24H,8-9,11-15H2,1-6H3. The molecule has 3 rings (SSSR count). The third-order valence-electron chi connectivity index (χ3n) is 6.69. The van der Waals surface area contributed by atoms with Gasteiger partial charge in [-0.2, -0.15) is 0 Å². The number of rotatable bonds is 6. The van der Waals surface area contributed by atoms with Gasteiger partial charge >= 0.3 is 0 Å². The lowest BCUT2D eigenvalue weighted by atomic mass is 9.72. The highest BCUT2D eigenvalue weighted by atomic mass is 32.2. The molecule has 2 heterocycles. The number of aromatic nitrogens is 1. The topological polar surface area (TPSA) is 46.5 Å². The molecule has 6 heteroatoms. The van der Waals surface area contributed by atoms with Crippen LogP contribution in [0.5, 0.6) is 0 Å². The first-order valence-electron chi connectivity index (χ1n) is 11.1. The fraction of sp³-hybridized carbons (Fsp3) is 0.783. The lowest BCUT2D eigenvalue weighted by molar-refractivity contribution is -0.0169. The minimum absolute atomic E-state index is 0.0407. The molecular formula is C23H39N3O2S. The Balaban J connectivity index is 1.70. The SMILES string of the molecule is Cc1ccc2n(c1=O)C(COC1CCC(C(C)(C)C)CC1)C(NSN(C)C)CC2. The highest BCUT2D eigenvalue weighted by Gasteiger charge is 2.34. The number of nitrogens with zero attached hydrogens (tertiary/aromatic N) is 2. The molecule has 1 aromatic heterocycles. The van der Waals surface area contributed by atoms with Gasteiger partial charge in [0.25, 0.3) is 5.56 Å². The molecule has 29 heavy (non-hydrogen) atoms. The molecule has 2 atom stereocenters. The van der Waals surface area contributed by atoms with Crippen molar-refractivity contribution < 1.29 is 4.74 Å². The van der Waals surface area contributed by atoms with Gasteiger partial charge in [-0.05, 0) is 76.9 Å². The van der Waals surface area contributed by atoms with E-state index in [1.54, 1.807) is 12.1 Å². The summed E-state index contributed by atoms with van der Waals surface area (Å²) in [6, 6.07) is 4.34. The van der Waals surface area contributed by atoms with E-state index in [2.05, 4.69) is 35.9 Å². The molecule has 2 aliphatic rings. The average Bonchev–Trinajstić information content (AvgIpc) is 2.67. The zero-order valence-corrected chi connectivity index (χ0v) is 19.8. The van der Waals surface area contributed by atoms with Crippen molar-refractivity contribution in [3.8, 4) is 0 Å². The molecular weight excluding hydrogens is 382 g/mol. The van der Waals surface area contributed by atoms with Crippen molar-refractivity contribution in [2.75, 3.05) is 20.7 Å². The minimum atomic E-state index is 0.0407. The Morgan fingerprint density at radius 1 is 1.17 bits per heavy atom. The number of aryl methyl sites for hydroxylation is 2. The zero-order chi connectivity index (χ0) is 21.2. The molecule has 0 radical (unpaired) electrons. The fourth-order valence-corrected chi connectivity index (χ4v) is 5.39. The molecule has 0 bridgehead atoms. The van der Waals surface area contributed by atoms with Gasteiger partial charge in [-0.3, -0.25) is 4.79 Å². The minimum Gasteiger partial charge on any atom is -0.376 e.